The van der Waals surface area contributed by atoms with Crippen molar-refractivity contribution in [1.29, 1.82) is 0 Å². The van der Waals surface area contributed by atoms with Crippen LogP contribution in [-0.4, -0.2) is 54.3 Å². The fourth-order valence-corrected chi connectivity index (χ4v) is 3.74. The second-order valence-electron chi connectivity index (χ2n) is 7.35. The molecular weight excluding hydrogens is 360 g/mol. The van der Waals surface area contributed by atoms with Gasteiger partial charge in [-0.15, -0.1) is 0 Å². The molecule has 0 radical (unpaired) electrons. The molecule has 4 heterocycles. The molecule has 3 aromatic heterocycles. The molecule has 3 aromatic rings. The Labute approximate surface area is 161 Å². The van der Waals surface area contributed by atoms with E-state index in [2.05, 4.69) is 15.4 Å². The van der Waals surface area contributed by atoms with E-state index in [4.69, 9.17) is 0 Å². The Morgan fingerprint density at radius 1 is 1.29 bits per heavy atom. The van der Waals surface area contributed by atoms with Gasteiger partial charge in [0.2, 0.25) is 0 Å². The van der Waals surface area contributed by atoms with E-state index >= 15 is 0 Å². The third-order valence-electron chi connectivity index (χ3n) is 5.03. The first kappa shape index (κ1) is 18.0. The number of nitrogens with one attached hydrogen (secondary N) is 1. The number of aryl methyl sites for hydroxylation is 1. The second kappa shape index (κ2) is 6.99. The predicted octanol–water partition coefficient (Wildman–Crippen LogP) is 2.31. The summed E-state index contributed by atoms with van der Waals surface area (Å²) in [7, 11) is 1.82. The Hall–Kier alpha value is -3.36. The zero-order valence-electron chi connectivity index (χ0n) is 15.7. The number of amides is 2. The predicted molar refractivity (Wildman–Crippen MR) is 103 cm³/mol. The minimum Gasteiger partial charge on any atom is -0.481 e. The van der Waals surface area contributed by atoms with E-state index < -0.39 is 11.9 Å². The minimum atomic E-state index is -0.866. The van der Waals surface area contributed by atoms with Gasteiger partial charge in [0.15, 0.2) is 0 Å². The van der Waals surface area contributed by atoms with Crippen molar-refractivity contribution in [2.24, 2.45) is 18.9 Å². The molecule has 2 amide bonds. The van der Waals surface area contributed by atoms with Crippen LogP contribution < -0.4 is 5.32 Å². The molecule has 1 aliphatic rings. The first-order chi connectivity index (χ1) is 13.4. The molecule has 1 saturated heterocycles. The fourth-order valence-electron chi connectivity index (χ4n) is 3.74. The molecule has 2 unspecified atom stereocenters. The third-order valence-corrected chi connectivity index (χ3v) is 5.03. The van der Waals surface area contributed by atoms with E-state index in [1.54, 1.807) is 15.8 Å². The van der Waals surface area contributed by atoms with Crippen molar-refractivity contribution in [3.05, 3.63) is 36.8 Å². The lowest BCUT2D eigenvalue weighted by Gasteiger charge is -2.34. The summed E-state index contributed by atoms with van der Waals surface area (Å²) in [5.74, 6) is -0.746. The molecule has 1 fully saturated rings. The van der Waals surface area contributed by atoms with Gasteiger partial charge < -0.3 is 10.0 Å². The molecule has 0 aromatic carbocycles. The van der Waals surface area contributed by atoms with Crippen molar-refractivity contribution in [3.63, 3.8) is 0 Å². The summed E-state index contributed by atoms with van der Waals surface area (Å²) in [5, 5.41) is 16.5. The summed E-state index contributed by atoms with van der Waals surface area (Å²) in [5.41, 5.74) is 2.11. The highest BCUT2D eigenvalue weighted by Gasteiger charge is 2.32. The fraction of sp³-hybridized carbons (Fsp3) is 0.368. The zero-order chi connectivity index (χ0) is 19.8. The number of piperidine rings is 1. The van der Waals surface area contributed by atoms with Crippen LogP contribution in [0, 0.1) is 11.8 Å². The van der Waals surface area contributed by atoms with Crippen molar-refractivity contribution in [2.45, 2.75) is 13.3 Å². The van der Waals surface area contributed by atoms with Gasteiger partial charge in [-0.3, -0.25) is 19.2 Å². The van der Waals surface area contributed by atoms with Gasteiger partial charge in [-0.05, 0) is 24.5 Å². The number of aliphatic carboxylic acids is 1. The molecule has 2 atom stereocenters. The van der Waals surface area contributed by atoms with Crippen molar-refractivity contribution in [2.75, 3.05) is 18.4 Å². The zero-order valence-corrected chi connectivity index (χ0v) is 15.7. The monoisotopic (exact) mass is 382 g/mol. The molecule has 2 N–H and O–H groups in total. The molecule has 146 valence electrons. The van der Waals surface area contributed by atoms with Gasteiger partial charge >= 0.3 is 12.0 Å². The number of hydrogen-bond donors (Lipinski definition) is 2. The maximum atomic E-state index is 13.0. The number of hydrogen-bond acceptors (Lipinski definition) is 4. The highest BCUT2D eigenvalue weighted by Crippen LogP contribution is 2.29. The van der Waals surface area contributed by atoms with E-state index in [0.717, 1.165) is 5.56 Å². The van der Waals surface area contributed by atoms with Crippen LogP contribution in [0.3, 0.4) is 0 Å². The SMILES string of the molecule is CC1CC(C(=O)O)CN(C(=O)Nc2c(-c3cnn(C)c3)nc3ccccn23)C1. The van der Waals surface area contributed by atoms with Crippen molar-refractivity contribution >= 4 is 23.5 Å². The Morgan fingerprint density at radius 3 is 2.82 bits per heavy atom. The average Bonchev–Trinajstić information content (AvgIpc) is 3.25. The van der Waals surface area contributed by atoms with Gasteiger partial charge in [-0.2, -0.15) is 5.10 Å². The number of fused-ring (bicyclic) bond motifs is 1. The highest BCUT2D eigenvalue weighted by molar-refractivity contribution is 5.93. The highest BCUT2D eigenvalue weighted by atomic mass is 16.4. The van der Waals surface area contributed by atoms with Crippen LogP contribution in [0.5, 0.6) is 0 Å². The number of anilines is 1. The van der Waals surface area contributed by atoms with Crippen LogP contribution in [0.2, 0.25) is 0 Å². The first-order valence-corrected chi connectivity index (χ1v) is 9.17. The number of aromatic nitrogens is 4. The topological polar surface area (TPSA) is 105 Å². The number of carboxylic acid groups (broad SMARTS) is 1. The van der Waals surface area contributed by atoms with Gasteiger partial charge in [0.1, 0.15) is 17.2 Å². The molecule has 28 heavy (non-hydrogen) atoms. The maximum Gasteiger partial charge on any atom is 0.323 e. The molecule has 0 spiro atoms. The van der Waals surface area contributed by atoms with Gasteiger partial charge in [-0.1, -0.05) is 13.0 Å². The van der Waals surface area contributed by atoms with E-state index in [-0.39, 0.29) is 18.5 Å². The Kier molecular flexibility index (Phi) is 4.50. The number of pyridine rings is 1. The quantitative estimate of drug-likeness (QED) is 0.723. The molecule has 9 heteroatoms. The Bertz CT molecular complexity index is 1040. The van der Waals surface area contributed by atoms with Gasteiger partial charge in [0.25, 0.3) is 0 Å². The molecule has 4 rings (SSSR count). The molecular formula is C19H22N6O3. The third kappa shape index (κ3) is 3.30. The standard InChI is InChI=1S/C19H22N6O3/c1-12-7-13(18(26)27)11-24(9-12)19(28)22-17-16(14-8-20-23(2)10-14)21-15-5-3-4-6-25(15)17/h3-6,8,10,12-13H,7,9,11H2,1-2H3,(H,22,28)(H,26,27). The van der Waals surface area contributed by atoms with Crippen molar-refractivity contribution in [1.82, 2.24) is 24.1 Å². The largest absolute Gasteiger partial charge is 0.481 e. The number of urea groups is 1. The number of carboxylic acids is 1. The molecule has 0 saturated carbocycles. The number of carbonyl (C=O) groups excluding carboxylic acids is 1. The van der Waals surface area contributed by atoms with Gasteiger partial charge in [0, 0.05) is 38.1 Å². The second-order valence-corrected chi connectivity index (χ2v) is 7.35. The van der Waals surface area contributed by atoms with E-state index in [1.807, 2.05) is 49.0 Å². The minimum absolute atomic E-state index is 0.126. The van der Waals surface area contributed by atoms with Crippen LogP contribution >= 0.6 is 0 Å². The van der Waals surface area contributed by atoms with E-state index in [0.29, 0.717) is 30.1 Å². The summed E-state index contributed by atoms with van der Waals surface area (Å²) in [4.78, 5) is 30.6. The number of carbonyl (C=O) groups is 2. The molecule has 0 bridgehead atoms. The van der Waals surface area contributed by atoms with Crippen molar-refractivity contribution in [3.8, 4) is 11.3 Å². The first-order valence-electron chi connectivity index (χ1n) is 9.17. The van der Waals surface area contributed by atoms with Crippen LogP contribution in [0.4, 0.5) is 10.6 Å². The Balaban J connectivity index is 1.67. The van der Waals surface area contributed by atoms with E-state index in [1.165, 1.54) is 0 Å². The summed E-state index contributed by atoms with van der Waals surface area (Å²) in [6.07, 6.45) is 5.94. The normalized spacial score (nSPS) is 19.7. The number of likely N-dealkylation sites (tertiary alicyclic amines) is 1. The maximum absolute atomic E-state index is 13.0. The number of imidazole rings is 1. The number of nitrogens with zero attached hydrogens (tertiary/aromatic N) is 5. The lowest BCUT2D eigenvalue weighted by molar-refractivity contribution is -0.143. The van der Waals surface area contributed by atoms with Crippen molar-refractivity contribution < 1.29 is 14.7 Å². The van der Waals surface area contributed by atoms with E-state index in [9.17, 15) is 14.7 Å². The van der Waals surface area contributed by atoms with Crippen LogP contribution in [0.25, 0.3) is 16.9 Å². The lowest BCUT2D eigenvalue weighted by Crippen LogP contribution is -2.47. The van der Waals surface area contributed by atoms with Crippen LogP contribution in [0.15, 0.2) is 36.8 Å². The summed E-state index contributed by atoms with van der Waals surface area (Å²) >= 11 is 0. The summed E-state index contributed by atoms with van der Waals surface area (Å²) in [6, 6.07) is 5.28. The summed E-state index contributed by atoms with van der Waals surface area (Å²) < 4.78 is 3.48. The summed E-state index contributed by atoms with van der Waals surface area (Å²) in [6.45, 7) is 2.68. The average molecular weight is 382 g/mol. The van der Waals surface area contributed by atoms with Crippen LogP contribution in [0.1, 0.15) is 13.3 Å². The van der Waals surface area contributed by atoms with Gasteiger partial charge in [0.05, 0.1) is 12.1 Å². The molecule has 0 aliphatic carbocycles. The molecule has 9 nitrogen and oxygen atoms in total. The number of rotatable bonds is 3. The van der Waals surface area contributed by atoms with Gasteiger partial charge in [-0.25, -0.2) is 9.78 Å². The molecule has 1 aliphatic heterocycles. The van der Waals surface area contributed by atoms with Crippen LogP contribution in [-0.2, 0) is 11.8 Å². The smallest absolute Gasteiger partial charge is 0.323 e. The Morgan fingerprint density at radius 2 is 2.11 bits per heavy atom. The lowest BCUT2D eigenvalue weighted by atomic mass is 9.91.